The van der Waals surface area contributed by atoms with Crippen LogP contribution in [0.25, 0.3) is 0 Å². The Morgan fingerprint density at radius 3 is 2.40 bits per heavy atom. The zero-order valence-electron chi connectivity index (χ0n) is 10.0. The first kappa shape index (κ1) is 11.4. The summed E-state index contributed by atoms with van der Waals surface area (Å²) in [4.78, 5) is 5.23. The summed E-state index contributed by atoms with van der Waals surface area (Å²) in [6.07, 6.45) is 4.14. The molecule has 3 heteroatoms. The third-order valence-electron chi connectivity index (χ3n) is 3.73. The Balaban J connectivity index is 1.64. The van der Waals surface area contributed by atoms with Crippen LogP contribution in [-0.2, 0) is 0 Å². The van der Waals surface area contributed by atoms with E-state index >= 15 is 0 Å². The lowest BCUT2D eigenvalue weighted by Gasteiger charge is -2.23. The van der Waals surface area contributed by atoms with Gasteiger partial charge in [-0.05, 0) is 45.8 Å². The van der Waals surface area contributed by atoms with E-state index in [-0.39, 0.29) is 0 Å². The second kappa shape index (κ2) is 5.83. The SMILES string of the molecule is CC1CCN(CCN2CCCC2)CCN1. The van der Waals surface area contributed by atoms with Gasteiger partial charge in [-0.1, -0.05) is 0 Å². The number of likely N-dealkylation sites (tertiary alicyclic amines) is 1. The molecule has 2 rings (SSSR count). The van der Waals surface area contributed by atoms with Crippen molar-refractivity contribution in [3.8, 4) is 0 Å². The van der Waals surface area contributed by atoms with Crippen LogP contribution in [0.5, 0.6) is 0 Å². The Morgan fingerprint density at radius 2 is 1.67 bits per heavy atom. The summed E-state index contributed by atoms with van der Waals surface area (Å²) >= 11 is 0. The Morgan fingerprint density at radius 1 is 1.00 bits per heavy atom. The summed E-state index contributed by atoms with van der Waals surface area (Å²) in [5.41, 5.74) is 0. The maximum atomic E-state index is 3.55. The van der Waals surface area contributed by atoms with Gasteiger partial charge >= 0.3 is 0 Å². The molecule has 0 bridgehead atoms. The van der Waals surface area contributed by atoms with E-state index in [0.717, 1.165) is 0 Å². The minimum Gasteiger partial charge on any atom is -0.313 e. The Hall–Kier alpha value is -0.120. The topological polar surface area (TPSA) is 18.5 Å². The van der Waals surface area contributed by atoms with Gasteiger partial charge < -0.3 is 15.1 Å². The highest BCUT2D eigenvalue weighted by atomic mass is 15.2. The van der Waals surface area contributed by atoms with E-state index in [2.05, 4.69) is 22.0 Å². The summed E-state index contributed by atoms with van der Waals surface area (Å²) < 4.78 is 0. The molecule has 1 unspecified atom stereocenters. The van der Waals surface area contributed by atoms with E-state index in [1.54, 1.807) is 0 Å². The van der Waals surface area contributed by atoms with Gasteiger partial charge in [0.15, 0.2) is 0 Å². The molecule has 0 aromatic rings. The monoisotopic (exact) mass is 211 g/mol. The fourth-order valence-corrected chi connectivity index (χ4v) is 2.57. The molecular weight excluding hydrogens is 186 g/mol. The lowest BCUT2D eigenvalue weighted by atomic mass is 10.2. The van der Waals surface area contributed by atoms with Gasteiger partial charge in [-0.15, -0.1) is 0 Å². The molecule has 2 saturated heterocycles. The van der Waals surface area contributed by atoms with Crippen molar-refractivity contribution >= 4 is 0 Å². The van der Waals surface area contributed by atoms with Crippen molar-refractivity contribution in [2.75, 3.05) is 45.8 Å². The van der Waals surface area contributed by atoms with Gasteiger partial charge in [-0.3, -0.25) is 0 Å². The van der Waals surface area contributed by atoms with Gasteiger partial charge in [0, 0.05) is 32.2 Å². The fraction of sp³-hybridized carbons (Fsp3) is 1.00. The quantitative estimate of drug-likeness (QED) is 0.744. The second-order valence-corrected chi connectivity index (χ2v) is 5.03. The first-order valence-corrected chi connectivity index (χ1v) is 6.53. The van der Waals surface area contributed by atoms with Crippen LogP contribution in [0.2, 0.25) is 0 Å². The average molecular weight is 211 g/mol. The van der Waals surface area contributed by atoms with Crippen LogP contribution >= 0.6 is 0 Å². The molecule has 15 heavy (non-hydrogen) atoms. The van der Waals surface area contributed by atoms with Crippen molar-refractivity contribution in [3.05, 3.63) is 0 Å². The van der Waals surface area contributed by atoms with Crippen molar-refractivity contribution in [2.24, 2.45) is 0 Å². The lowest BCUT2D eigenvalue weighted by Crippen LogP contribution is -2.35. The molecule has 2 aliphatic heterocycles. The normalized spacial score (nSPS) is 30.6. The molecule has 0 amide bonds. The third-order valence-corrected chi connectivity index (χ3v) is 3.73. The van der Waals surface area contributed by atoms with Gasteiger partial charge in [-0.25, -0.2) is 0 Å². The highest BCUT2D eigenvalue weighted by molar-refractivity contribution is 4.74. The van der Waals surface area contributed by atoms with E-state index in [0.29, 0.717) is 6.04 Å². The Kier molecular flexibility index (Phi) is 4.42. The fourth-order valence-electron chi connectivity index (χ4n) is 2.57. The summed E-state index contributed by atoms with van der Waals surface area (Å²) in [7, 11) is 0. The van der Waals surface area contributed by atoms with E-state index in [9.17, 15) is 0 Å². The molecular formula is C12H25N3. The van der Waals surface area contributed by atoms with Crippen molar-refractivity contribution < 1.29 is 0 Å². The summed E-state index contributed by atoms with van der Waals surface area (Å²) in [6.45, 7) is 11.2. The molecule has 0 spiro atoms. The first-order chi connectivity index (χ1) is 7.34. The highest BCUT2D eigenvalue weighted by Crippen LogP contribution is 2.07. The third kappa shape index (κ3) is 3.74. The zero-order valence-corrected chi connectivity index (χ0v) is 10.0. The average Bonchev–Trinajstić information content (AvgIpc) is 2.66. The van der Waals surface area contributed by atoms with Gasteiger partial charge in [0.1, 0.15) is 0 Å². The molecule has 0 aliphatic carbocycles. The molecule has 1 atom stereocenters. The summed E-state index contributed by atoms with van der Waals surface area (Å²) in [5, 5.41) is 3.55. The minimum absolute atomic E-state index is 0.710. The van der Waals surface area contributed by atoms with E-state index in [4.69, 9.17) is 0 Å². The Bertz CT molecular complexity index is 178. The standard InChI is InChI=1S/C12H25N3/c1-12-4-8-15(9-5-13-12)11-10-14-6-2-3-7-14/h12-13H,2-11H2,1H3. The molecule has 0 saturated carbocycles. The van der Waals surface area contributed by atoms with Gasteiger partial charge in [0.25, 0.3) is 0 Å². The highest BCUT2D eigenvalue weighted by Gasteiger charge is 2.15. The van der Waals surface area contributed by atoms with Gasteiger partial charge in [0.2, 0.25) is 0 Å². The van der Waals surface area contributed by atoms with Crippen LogP contribution < -0.4 is 5.32 Å². The van der Waals surface area contributed by atoms with Crippen LogP contribution in [0, 0.1) is 0 Å². The molecule has 2 fully saturated rings. The molecule has 0 radical (unpaired) electrons. The zero-order chi connectivity index (χ0) is 10.5. The summed E-state index contributed by atoms with van der Waals surface area (Å²) in [5.74, 6) is 0. The van der Waals surface area contributed by atoms with Crippen LogP contribution in [0.15, 0.2) is 0 Å². The molecule has 88 valence electrons. The second-order valence-electron chi connectivity index (χ2n) is 5.03. The van der Waals surface area contributed by atoms with Gasteiger partial charge in [-0.2, -0.15) is 0 Å². The molecule has 2 aliphatic rings. The number of nitrogens with one attached hydrogen (secondary N) is 1. The number of hydrogen-bond acceptors (Lipinski definition) is 3. The largest absolute Gasteiger partial charge is 0.313 e. The molecule has 2 heterocycles. The molecule has 0 aromatic carbocycles. The van der Waals surface area contributed by atoms with E-state index in [1.807, 2.05) is 0 Å². The smallest absolute Gasteiger partial charge is 0.0110 e. The molecule has 3 nitrogen and oxygen atoms in total. The van der Waals surface area contributed by atoms with Crippen molar-refractivity contribution in [1.29, 1.82) is 0 Å². The molecule has 0 aromatic heterocycles. The number of hydrogen-bond donors (Lipinski definition) is 1. The number of nitrogens with zero attached hydrogens (tertiary/aromatic N) is 2. The van der Waals surface area contributed by atoms with Crippen LogP contribution in [-0.4, -0.2) is 61.7 Å². The number of rotatable bonds is 3. The Labute approximate surface area is 93.8 Å². The van der Waals surface area contributed by atoms with Crippen molar-refractivity contribution in [1.82, 2.24) is 15.1 Å². The summed E-state index contributed by atoms with van der Waals surface area (Å²) in [6, 6.07) is 0.710. The van der Waals surface area contributed by atoms with Gasteiger partial charge in [0.05, 0.1) is 0 Å². The van der Waals surface area contributed by atoms with E-state index < -0.39 is 0 Å². The maximum absolute atomic E-state index is 3.55. The minimum atomic E-state index is 0.710. The first-order valence-electron chi connectivity index (χ1n) is 6.53. The van der Waals surface area contributed by atoms with E-state index in [1.165, 1.54) is 65.1 Å². The van der Waals surface area contributed by atoms with Crippen LogP contribution in [0.1, 0.15) is 26.2 Å². The maximum Gasteiger partial charge on any atom is 0.0110 e. The predicted molar refractivity (Wildman–Crippen MR) is 64.2 cm³/mol. The lowest BCUT2D eigenvalue weighted by molar-refractivity contribution is 0.234. The van der Waals surface area contributed by atoms with Crippen molar-refractivity contribution in [2.45, 2.75) is 32.2 Å². The molecule has 1 N–H and O–H groups in total. The predicted octanol–water partition coefficient (Wildman–Crippen LogP) is 0.766. The van der Waals surface area contributed by atoms with Crippen LogP contribution in [0.3, 0.4) is 0 Å². The van der Waals surface area contributed by atoms with Crippen LogP contribution in [0.4, 0.5) is 0 Å². The van der Waals surface area contributed by atoms with Crippen molar-refractivity contribution in [3.63, 3.8) is 0 Å².